The normalized spacial score (nSPS) is 22.7. The highest BCUT2D eigenvalue weighted by Crippen LogP contribution is 2.47. The van der Waals surface area contributed by atoms with Gasteiger partial charge in [-0.15, -0.1) is 11.3 Å². The molecule has 0 radical (unpaired) electrons. The van der Waals surface area contributed by atoms with Crippen LogP contribution in [-0.2, 0) is 11.2 Å². The molecule has 0 bridgehead atoms. The standard InChI is InChI=1S/C37H37F2N7O2S/c1-3-24-27(39)6-5-23-13-28-26(16-41-44-28)30(29(23)24)32-33-25(7-9-40-32)31-34(45-11-12-47-19-21(2)17-45)42-36(43-35(31)49-33)48-20-37-8-4-10-46(37)18-22(14-37)15-38/h5-7,9,13,15-16,21H,3-4,8,10-12,14,17-20H2,1-2H3,(H,41,44)/b22-15-/t21-,37-/m0/s1. The minimum atomic E-state index is -0.241. The third-order valence-corrected chi connectivity index (χ3v) is 11.7. The summed E-state index contributed by atoms with van der Waals surface area (Å²) in [6, 6.07) is 7.75. The molecule has 0 amide bonds. The minimum Gasteiger partial charge on any atom is -0.461 e. The van der Waals surface area contributed by atoms with E-state index in [1.807, 2.05) is 31.3 Å². The monoisotopic (exact) mass is 681 g/mol. The molecule has 2 aromatic carbocycles. The lowest BCUT2D eigenvalue weighted by molar-refractivity contribution is 0.108. The van der Waals surface area contributed by atoms with Gasteiger partial charge in [0.1, 0.15) is 23.1 Å². The van der Waals surface area contributed by atoms with Crippen molar-refractivity contribution >= 4 is 59.1 Å². The molecule has 0 unspecified atom stereocenters. The largest absolute Gasteiger partial charge is 0.461 e. The summed E-state index contributed by atoms with van der Waals surface area (Å²) in [4.78, 5) is 20.6. The molecule has 7 heterocycles. The van der Waals surface area contributed by atoms with E-state index in [1.54, 1.807) is 23.6 Å². The molecule has 9 nitrogen and oxygen atoms in total. The van der Waals surface area contributed by atoms with Crippen molar-refractivity contribution in [3.05, 3.63) is 59.9 Å². The lowest BCUT2D eigenvalue weighted by Crippen LogP contribution is -2.43. The van der Waals surface area contributed by atoms with E-state index in [-0.39, 0.29) is 11.4 Å². The zero-order chi connectivity index (χ0) is 33.3. The number of nitrogens with zero attached hydrogens (tertiary/aromatic N) is 6. The molecule has 3 saturated heterocycles. The summed E-state index contributed by atoms with van der Waals surface area (Å²) in [5, 5.41) is 12.1. The molecule has 0 spiro atoms. The van der Waals surface area contributed by atoms with E-state index in [2.05, 4.69) is 26.9 Å². The van der Waals surface area contributed by atoms with Crippen LogP contribution in [0.5, 0.6) is 6.01 Å². The molecule has 9 rings (SSSR count). The zero-order valence-corrected chi connectivity index (χ0v) is 28.4. The second kappa shape index (κ2) is 12.0. The number of thiophene rings is 1. The van der Waals surface area contributed by atoms with Gasteiger partial charge < -0.3 is 14.4 Å². The SMILES string of the molecule is CCc1c(F)ccc2cc3[nH]ncc3c(-c3nccc4c3sc3nc(OC[C@@]56CCCN5C/C(=C\F)C6)nc(N5CCOC[C@@H](C)C5)c34)c12. The van der Waals surface area contributed by atoms with Gasteiger partial charge >= 0.3 is 6.01 Å². The molecule has 0 saturated carbocycles. The smallest absolute Gasteiger partial charge is 0.319 e. The Balaban J connectivity index is 1.25. The van der Waals surface area contributed by atoms with E-state index >= 15 is 4.39 Å². The average Bonchev–Trinajstić information content (AvgIpc) is 3.86. The Bertz CT molecular complexity index is 2290. The van der Waals surface area contributed by atoms with Crippen LogP contribution in [0.1, 0.15) is 38.7 Å². The Morgan fingerprint density at radius 1 is 1.18 bits per heavy atom. The maximum atomic E-state index is 15.4. The summed E-state index contributed by atoms with van der Waals surface area (Å²) in [7, 11) is 0. The van der Waals surface area contributed by atoms with Gasteiger partial charge in [-0.3, -0.25) is 15.0 Å². The third kappa shape index (κ3) is 4.98. The average molecular weight is 682 g/mol. The van der Waals surface area contributed by atoms with Crippen molar-refractivity contribution in [3.8, 4) is 17.3 Å². The van der Waals surface area contributed by atoms with Crippen molar-refractivity contribution in [2.75, 3.05) is 50.9 Å². The summed E-state index contributed by atoms with van der Waals surface area (Å²) in [6.07, 6.45) is 7.60. The van der Waals surface area contributed by atoms with Crippen LogP contribution in [0.15, 0.2) is 48.6 Å². The van der Waals surface area contributed by atoms with Gasteiger partial charge in [0.25, 0.3) is 0 Å². The highest BCUT2D eigenvalue weighted by atomic mass is 32.1. The van der Waals surface area contributed by atoms with Gasteiger partial charge in [0.05, 0.1) is 52.6 Å². The first-order chi connectivity index (χ1) is 24.0. The molecule has 6 aromatic rings. The second-order valence-corrected chi connectivity index (χ2v) is 14.8. The van der Waals surface area contributed by atoms with Gasteiger partial charge in [-0.1, -0.05) is 19.9 Å². The lowest BCUT2D eigenvalue weighted by Gasteiger charge is -2.31. The number of halogens is 2. The van der Waals surface area contributed by atoms with Gasteiger partial charge in [-0.05, 0) is 78.3 Å². The van der Waals surface area contributed by atoms with Crippen LogP contribution >= 0.6 is 11.3 Å². The molecule has 3 aliphatic rings. The molecule has 0 aliphatic carbocycles. The number of fused-ring (bicyclic) bond motifs is 6. The topological polar surface area (TPSA) is 92.3 Å². The van der Waals surface area contributed by atoms with Gasteiger partial charge in [0.15, 0.2) is 0 Å². The first-order valence-corrected chi connectivity index (χ1v) is 17.9. The van der Waals surface area contributed by atoms with Crippen molar-refractivity contribution < 1.29 is 18.3 Å². The fourth-order valence-corrected chi connectivity index (χ4v) is 9.55. The number of H-pyrrole nitrogens is 1. The predicted octanol–water partition coefficient (Wildman–Crippen LogP) is 7.58. The van der Waals surface area contributed by atoms with Gasteiger partial charge in [-0.2, -0.15) is 15.1 Å². The van der Waals surface area contributed by atoms with E-state index in [0.717, 1.165) is 96.9 Å². The highest BCUT2D eigenvalue weighted by Gasteiger charge is 2.47. The fraction of sp³-hybridized carbons (Fsp3) is 0.405. The molecule has 1 N–H and O–H groups in total. The number of benzene rings is 2. The van der Waals surface area contributed by atoms with E-state index in [9.17, 15) is 4.39 Å². The van der Waals surface area contributed by atoms with Gasteiger partial charge in [-0.25, -0.2) is 8.78 Å². The number of pyridine rings is 1. The number of hydrogen-bond donors (Lipinski definition) is 1. The van der Waals surface area contributed by atoms with Crippen LogP contribution in [0, 0.1) is 11.7 Å². The predicted molar refractivity (Wildman–Crippen MR) is 190 cm³/mol. The number of ether oxygens (including phenoxy) is 2. The van der Waals surface area contributed by atoms with Crippen molar-refractivity contribution in [1.82, 2.24) is 30.0 Å². The molecule has 12 heteroatoms. The summed E-state index contributed by atoms with van der Waals surface area (Å²) in [5.41, 5.74) is 3.71. The Kier molecular flexibility index (Phi) is 7.51. The maximum Gasteiger partial charge on any atom is 0.319 e. The molecule has 252 valence electrons. The van der Waals surface area contributed by atoms with E-state index in [0.29, 0.717) is 63.2 Å². The zero-order valence-electron chi connectivity index (χ0n) is 27.6. The quantitative estimate of drug-likeness (QED) is 0.192. The van der Waals surface area contributed by atoms with Gasteiger partial charge in [0.2, 0.25) is 0 Å². The van der Waals surface area contributed by atoms with Crippen molar-refractivity contribution in [3.63, 3.8) is 0 Å². The van der Waals surface area contributed by atoms with Crippen molar-refractivity contribution in [2.24, 2.45) is 5.92 Å². The summed E-state index contributed by atoms with van der Waals surface area (Å²) >= 11 is 1.55. The number of aromatic amines is 1. The summed E-state index contributed by atoms with van der Waals surface area (Å²) in [5.74, 6) is 0.887. The summed E-state index contributed by atoms with van der Waals surface area (Å²) in [6.45, 7) is 8.89. The Morgan fingerprint density at radius 3 is 2.98 bits per heavy atom. The van der Waals surface area contributed by atoms with Crippen LogP contribution < -0.4 is 9.64 Å². The lowest BCUT2D eigenvalue weighted by atomic mass is 9.92. The molecule has 3 aliphatic heterocycles. The Labute approximate surface area is 285 Å². The highest BCUT2D eigenvalue weighted by molar-refractivity contribution is 7.26. The van der Waals surface area contributed by atoms with Crippen LogP contribution in [0.2, 0.25) is 0 Å². The molecule has 49 heavy (non-hydrogen) atoms. The first-order valence-electron chi connectivity index (χ1n) is 17.1. The number of anilines is 1. The Hall–Kier alpha value is -4.26. The van der Waals surface area contributed by atoms with E-state index in [1.165, 1.54) is 0 Å². The molecule has 3 fully saturated rings. The molecular formula is C37H37F2N7O2S. The number of nitrogens with one attached hydrogen (secondary N) is 1. The number of hydrogen-bond acceptors (Lipinski definition) is 9. The number of rotatable bonds is 6. The van der Waals surface area contributed by atoms with Crippen LogP contribution in [0.4, 0.5) is 14.6 Å². The third-order valence-electron chi connectivity index (χ3n) is 10.6. The summed E-state index contributed by atoms with van der Waals surface area (Å²) < 4.78 is 42.4. The number of aromatic nitrogens is 5. The molecule has 4 aromatic heterocycles. The molecular weight excluding hydrogens is 645 g/mol. The van der Waals surface area contributed by atoms with Crippen LogP contribution in [-0.4, -0.2) is 81.6 Å². The van der Waals surface area contributed by atoms with Crippen LogP contribution in [0.25, 0.3) is 53.2 Å². The van der Waals surface area contributed by atoms with E-state index < -0.39 is 0 Å². The maximum absolute atomic E-state index is 15.4. The Morgan fingerprint density at radius 2 is 2.10 bits per heavy atom. The number of aryl methyl sites for hydroxylation is 1. The van der Waals surface area contributed by atoms with Crippen molar-refractivity contribution in [1.29, 1.82) is 0 Å². The van der Waals surface area contributed by atoms with E-state index in [4.69, 9.17) is 24.4 Å². The second-order valence-electron chi connectivity index (χ2n) is 13.8. The fourth-order valence-electron chi connectivity index (χ4n) is 8.40. The minimum absolute atomic E-state index is 0.230. The van der Waals surface area contributed by atoms with Crippen molar-refractivity contribution in [2.45, 2.75) is 45.1 Å². The molecule has 2 atom stereocenters. The van der Waals surface area contributed by atoms with Crippen LogP contribution in [0.3, 0.4) is 0 Å². The van der Waals surface area contributed by atoms with Gasteiger partial charge in [0, 0.05) is 42.2 Å². The first kappa shape index (κ1) is 30.8.